The van der Waals surface area contributed by atoms with Gasteiger partial charge in [0.15, 0.2) is 0 Å². The van der Waals surface area contributed by atoms with Gasteiger partial charge in [-0.1, -0.05) is 31.8 Å². The first-order valence-electron chi connectivity index (χ1n) is 9.31. The fourth-order valence-corrected chi connectivity index (χ4v) is 7.25. The first kappa shape index (κ1) is 14.1. The molecule has 0 aromatic heterocycles. The summed E-state index contributed by atoms with van der Waals surface area (Å²) in [5.74, 6) is 3.65. The number of oxime groups is 1. The smallest absolute Gasteiger partial charge is 0.0632 e. The molecule has 0 saturated heterocycles. The van der Waals surface area contributed by atoms with Gasteiger partial charge in [-0.25, -0.2) is 0 Å². The average molecular weight is 289 g/mol. The van der Waals surface area contributed by atoms with Crippen molar-refractivity contribution in [1.29, 1.82) is 0 Å². The molecule has 6 atom stereocenters. The number of rotatable bonds is 0. The van der Waals surface area contributed by atoms with E-state index in [-0.39, 0.29) is 5.41 Å². The molecule has 4 rings (SSSR count). The number of fused-ring (bicyclic) bond motifs is 5. The van der Waals surface area contributed by atoms with Gasteiger partial charge in [0, 0.05) is 5.41 Å². The van der Waals surface area contributed by atoms with Gasteiger partial charge >= 0.3 is 0 Å². The summed E-state index contributed by atoms with van der Waals surface area (Å²) in [7, 11) is 0. The van der Waals surface area contributed by atoms with Crippen LogP contribution in [0, 0.1) is 34.5 Å². The molecule has 21 heavy (non-hydrogen) atoms. The molecular weight excluding hydrogens is 258 g/mol. The van der Waals surface area contributed by atoms with Gasteiger partial charge in [-0.15, -0.1) is 0 Å². The van der Waals surface area contributed by atoms with Gasteiger partial charge in [-0.3, -0.25) is 0 Å². The van der Waals surface area contributed by atoms with Crippen LogP contribution in [-0.4, -0.2) is 10.9 Å². The molecule has 0 unspecified atom stereocenters. The number of hydrogen-bond acceptors (Lipinski definition) is 2. The summed E-state index contributed by atoms with van der Waals surface area (Å²) in [6, 6.07) is 0. The highest BCUT2D eigenvalue weighted by atomic mass is 16.4. The predicted octanol–water partition coefficient (Wildman–Crippen LogP) is 5.25. The van der Waals surface area contributed by atoms with Crippen molar-refractivity contribution < 1.29 is 5.21 Å². The van der Waals surface area contributed by atoms with E-state index >= 15 is 0 Å². The van der Waals surface area contributed by atoms with E-state index in [1.54, 1.807) is 0 Å². The van der Waals surface area contributed by atoms with E-state index in [1.807, 2.05) is 0 Å². The van der Waals surface area contributed by atoms with Crippen LogP contribution in [0.1, 0.15) is 78.1 Å². The van der Waals surface area contributed by atoms with Crippen molar-refractivity contribution in [2.45, 2.75) is 78.1 Å². The van der Waals surface area contributed by atoms with Crippen LogP contribution >= 0.6 is 0 Å². The Morgan fingerprint density at radius 1 is 0.952 bits per heavy atom. The Morgan fingerprint density at radius 3 is 2.62 bits per heavy atom. The van der Waals surface area contributed by atoms with Gasteiger partial charge in [-0.2, -0.15) is 0 Å². The van der Waals surface area contributed by atoms with Crippen molar-refractivity contribution in [1.82, 2.24) is 0 Å². The average Bonchev–Trinajstić information content (AvgIpc) is 2.83. The summed E-state index contributed by atoms with van der Waals surface area (Å²) < 4.78 is 0. The second-order valence-corrected chi connectivity index (χ2v) is 8.94. The first-order valence-corrected chi connectivity index (χ1v) is 9.31. The maximum Gasteiger partial charge on any atom is 0.0632 e. The Bertz CT molecular complexity index is 458. The molecule has 4 aliphatic rings. The first-order chi connectivity index (χ1) is 10.1. The van der Waals surface area contributed by atoms with E-state index < -0.39 is 0 Å². The molecule has 0 bridgehead atoms. The van der Waals surface area contributed by atoms with Crippen LogP contribution in [0.25, 0.3) is 0 Å². The molecular formula is C19H31NO. The Balaban J connectivity index is 1.66. The third-order valence-electron chi connectivity index (χ3n) is 8.44. The zero-order valence-electron chi connectivity index (χ0n) is 13.8. The molecule has 0 amide bonds. The topological polar surface area (TPSA) is 32.6 Å². The third kappa shape index (κ3) is 1.80. The quantitative estimate of drug-likeness (QED) is 0.479. The zero-order valence-corrected chi connectivity index (χ0v) is 13.8. The van der Waals surface area contributed by atoms with E-state index in [9.17, 15) is 5.21 Å². The van der Waals surface area contributed by atoms with Gasteiger partial charge in [0.1, 0.15) is 0 Å². The normalized spacial score (nSPS) is 54.9. The molecule has 2 heteroatoms. The number of nitrogens with zero attached hydrogens (tertiary/aromatic N) is 1. The standard InChI is InChI=1S/C19H31NO/c1-18-11-4-3-5-13(18)6-7-14-15-8-9-17(20-21)19(15,2)12-10-16(14)18/h13-16,21H,3-12H2,1-2H3/b20-17-/t13-,14-,15+,16-,18+,19+/m1/s1. The Morgan fingerprint density at radius 2 is 1.81 bits per heavy atom. The lowest BCUT2D eigenvalue weighted by Gasteiger charge is -2.59. The van der Waals surface area contributed by atoms with Gasteiger partial charge in [0.2, 0.25) is 0 Å². The lowest BCUT2D eigenvalue weighted by atomic mass is 9.45. The second-order valence-electron chi connectivity index (χ2n) is 8.94. The SMILES string of the molecule is C[C@]12CCCC[C@@H]1CC[C@H]1[C@H]2CC[C@]2(C)/C(=N\O)CC[C@@H]12. The van der Waals surface area contributed by atoms with E-state index in [0.29, 0.717) is 5.41 Å². The minimum Gasteiger partial charge on any atom is -0.411 e. The van der Waals surface area contributed by atoms with Gasteiger partial charge < -0.3 is 5.21 Å². The van der Waals surface area contributed by atoms with Crippen molar-refractivity contribution in [2.24, 2.45) is 39.7 Å². The molecule has 2 nitrogen and oxygen atoms in total. The fourth-order valence-electron chi connectivity index (χ4n) is 7.25. The Labute approximate surface area is 129 Å². The monoisotopic (exact) mass is 289 g/mol. The largest absolute Gasteiger partial charge is 0.411 e. The second kappa shape index (κ2) is 4.73. The molecule has 1 N–H and O–H groups in total. The number of hydrogen-bond donors (Lipinski definition) is 1. The third-order valence-corrected chi connectivity index (χ3v) is 8.44. The molecule has 0 aromatic carbocycles. The lowest BCUT2D eigenvalue weighted by Crippen LogP contribution is -2.52. The maximum absolute atomic E-state index is 9.39. The van der Waals surface area contributed by atoms with Crippen LogP contribution in [0.2, 0.25) is 0 Å². The van der Waals surface area contributed by atoms with E-state index in [2.05, 4.69) is 19.0 Å². The molecule has 4 saturated carbocycles. The maximum atomic E-state index is 9.39. The zero-order chi connectivity index (χ0) is 14.7. The summed E-state index contributed by atoms with van der Waals surface area (Å²) in [5.41, 5.74) is 1.96. The molecule has 4 fully saturated rings. The van der Waals surface area contributed by atoms with E-state index in [0.717, 1.165) is 35.8 Å². The summed E-state index contributed by atoms with van der Waals surface area (Å²) in [6.45, 7) is 5.03. The molecule has 0 radical (unpaired) electrons. The minimum atomic E-state index is 0.216. The summed E-state index contributed by atoms with van der Waals surface area (Å²) in [5, 5.41) is 13.1. The molecule has 0 heterocycles. The Kier molecular flexibility index (Phi) is 3.17. The van der Waals surface area contributed by atoms with Gasteiger partial charge in [0.05, 0.1) is 5.71 Å². The van der Waals surface area contributed by atoms with Crippen molar-refractivity contribution in [3.8, 4) is 0 Å². The predicted molar refractivity (Wildman–Crippen MR) is 85.6 cm³/mol. The van der Waals surface area contributed by atoms with Crippen molar-refractivity contribution in [3.63, 3.8) is 0 Å². The fraction of sp³-hybridized carbons (Fsp3) is 0.947. The molecule has 0 aliphatic heterocycles. The molecule has 4 aliphatic carbocycles. The molecule has 118 valence electrons. The van der Waals surface area contributed by atoms with E-state index in [1.165, 1.54) is 57.8 Å². The van der Waals surface area contributed by atoms with Crippen LogP contribution < -0.4 is 0 Å². The summed E-state index contributed by atoms with van der Waals surface area (Å²) in [6.07, 6.45) is 13.8. The van der Waals surface area contributed by atoms with Crippen LogP contribution in [-0.2, 0) is 0 Å². The van der Waals surface area contributed by atoms with Gasteiger partial charge in [-0.05, 0) is 80.5 Å². The molecule has 0 spiro atoms. The highest BCUT2D eigenvalue weighted by molar-refractivity contribution is 5.91. The van der Waals surface area contributed by atoms with Crippen molar-refractivity contribution in [2.75, 3.05) is 0 Å². The highest BCUT2D eigenvalue weighted by Gasteiger charge is 2.59. The summed E-state index contributed by atoms with van der Waals surface area (Å²) in [4.78, 5) is 0. The molecule has 0 aromatic rings. The van der Waals surface area contributed by atoms with Crippen molar-refractivity contribution in [3.05, 3.63) is 0 Å². The summed E-state index contributed by atoms with van der Waals surface area (Å²) >= 11 is 0. The highest BCUT2D eigenvalue weighted by Crippen LogP contribution is 2.65. The van der Waals surface area contributed by atoms with Crippen LogP contribution in [0.4, 0.5) is 0 Å². The van der Waals surface area contributed by atoms with Crippen LogP contribution in [0.3, 0.4) is 0 Å². The van der Waals surface area contributed by atoms with Crippen LogP contribution in [0.15, 0.2) is 5.16 Å². The minimum absolute atomic E-state index is 0.216. The van der Waals surface area contributed by atoms with Crippen molar-refractivity contribution >= 4 is 5.71 Å². The lowest BCUT2D eigenvalue weighted by molar-refractivity contribution is -0.0938. The van der Waals surface area contributed by atoms with E-state index in [4.69, 9.17) is 0 Å². The van der Waals surface area contributed by atoms with Gasteiger partial charge in [0.25, 0.3) is 0 Å². The van der Waals surface area contributed by atoms with Crippen LogP contribution in [0.5, 0.6) is 0 Å². The Hall–Kier alpha value is -0.530.